The molecule has 0 unspecified atom stereocenters. The normalized spacial score (nSPS) is 13.9. The third-order valence-electron chi connectivity index (χ3n) is 4.98. The molecule has 25 heavy (non-hydrogen) atoms. The summed E-state index contributed by atoms with van der Waals surface area (Å²) in [7, 11) is 0. The van der Waals surface area contributed by atoms with Gasteiger partial charge in [0.15, 0.2) is 0 Å². The molecule has 1 aliphatic heterocycles. The number of benzene rings is 3. The molecule has 120 valence electrons. The average Bonchev–Trinajstić information content (AvgIpc) is 3.10. The minimum atomic E-state index is 0.0279. The van der Waals surface area contributed by atoms with Gasteiger partial charge in [0, 0.05) is 10.4 Å². The summed E-state index contributed by atoms with van der Waals surface area (Å²) >= 11 is 6.09. The maximum Gasteiger partial charge on any atom is 0.263 e. The van der Waals surface area contributed by atoms with Crippen molar-refractivity contribution in [1.29, 1.82) is 0 Å². The van der Waals surface area contributed by atoms with E-state index in [0.29, 0.717) is 5.02 Å². The molecule has 3 heteroatoms. The standard InChI is InChI=1S/C22H14ClNO/c1-13-20-12-17-11-18(23)8-9-19(17)24(20)22(25)21(13)16-7-6-14-4-2-3-5-15(14)10-16/h2-12H,1H3. The summed E-state index contributed by atoms with van der Waals surface area (Å²) in [4.78, 5) is 13.2. The molecular weight excluding hydrogens is 330 g/mol. The predicted molar refractivity (Wildman–Crippen MR) is 104 cm³/mol. The van der Waals surface area contributed by atoms with Gasteiger partial charge < -0.3 is 0 Å². The Morgan fingerprint density at radius 3 is 2.48 bits per heavy atom. The molecule has 0 saturated heterocycles. The minimum absolute atomic E-state index is 0.0279. The van der Waals surface area contributed by atoms with Crippen LogP contribution in [0, 0.1) is 0 Å². The lowest BCUT2D eigenvalue weighted by molar-refractivity contribution is 0.0989. The Balaban J connectivity index is 1.74. The predicted octanol–water partition coefficient (Wildman–Crippen LogP) is 6.03. The summed E-state index contributed by atoms with van der Waals surface area (Å²) < 4.78 is 1.80. The molecule has 2 nitrogen and oxygen atoms in total. The number of hydrogen-bond acceptors (Lipinski definition) is 1. The first-order chi connectivity index (χ1) is 12.1. The number of fused-ring (bicyclic) bond motifs is 4. The quantitative estimate of drug-likeness (QED) is 0.413. The molecule has 0 bridgehead atoms. The fraction of sp³-hybridized carbons (Fsp3) is 0.0455. The monoisotopic (exact) mass is 343 g/mol. The van der Waals surface area contributed by atoms with Crippen molar-refractivity contribution >= 4 is 50.3 Å². The number of allylic oxidation sites excluding steroid dienone is 2. The van der Waals surface area contributed by atoms with Crippen LogP contribution >= 0.6 is 11.6 Å². The van der Waals surface area contributed by atoms with Gasteiger partial charge in [-0.05, 0) is 59.2 Å². The minimum Gasteiger partial charge on any atom is -0.276 e. The molecule has 4 aromatic rings. The number of halogens is 1. The van der Waals surface area contributed by atoms with E-state index in [9.17, 15) is 4.79 Å². The number of aromatic nitrogens is 1. The molecule has 0 spiro atoms. The molecule has 0 radical (unpaired) electrons. The summed E-state index contributed by atoms with van der Waals surface area (Å²) in [6, 6.07) is 22.1. The van der Waals surface area contributed by atoms with Gasteiger partial charge in [-0.1, -0.05) is 48.0 Å². The van der Waals surface area contributed by atoms with Crippen molar-refractivity contribution in [3.05, 3.63) is 83.0 Å². The molecule has 2 heterocycles. The molecule has 3 aromatic carbocycles. The highest BCUT2D eigenvalue weighted by molar-refractivity contribution is 6.34. The molecule has 1 aliphatic rings. The summed E-state index contributed by atoms with van der Waals surface area (Å²) in [6.45, 7) is 2.02. The molecule has 0 N–H and O–H groups in total. The fourth-order valence-electron chi connectivity index (χ4n) is 3.77. The van der Waals surface area contributed by atoms with E-state index in [1.165, 1.54) is 5.39 Å². The number of rotatable bonds is 1. The van der Waals surface area contributed by atoms with Crippen LogP contribution in [0.4, 0.5) is 0 Å². The van der Waals surface area contributed by atoms with Gasteiger partial charge in [0.2, 0.25) is 0 Å². The highest BCUT2D eigenvalue weighted by atomic mass is 35.5. The van der Waals surface area contributed by atoms with E-state index in [1.54, 1.807) is 4.57 Å². The van der Waals surface area contributed by atoms with E-state index in [1.807, 2.05) is 49.4 Å². The maximum absolute atomic E-state index is 13.2. The van der Waals surface area contributed by atoms with Crippen LogP contribution in [0.3, 0.4) is 0 Å². The van der Waals surface area contributed by atoms with Gasteiger partial charge in [0.05, 0.1) is 16.8 Å². The number of hydrogen-bond donors (Lipinski definition) is 0. The Hall–Kier alpha value is -2.84. The van der Waals surface area contributed by atoms with Gasteiger partial charge in [-0.25, -0.2) is 0 Å². The van der Waals surface area contributed by atoms with Gasteiger partial charge >= 0.3 is 0 Å². The third-order valence-corrected chi connectivity index (χ3v) is 5.21. The van der Waals surface area contributed by atoms with Gasteiger partial charge in [-0.3, -0.25) is 9.36 Å². The van der Waals surface area contributed by atoms with Crippen molar-refractivity contribution in [2.24, 2.45) is 0 Å². The average molecular weight is 344 g/mol. The molecule has 0 amide bonds. The van der Waals surface area contributed by atoms with Crippen LogP contribution in [0.15, 0.2) is 66.7 Å². The van der Waals surface area contributed by atoms with Crippen LogP contribution in [-0.4, -0.2) is 10.5 Å². The van der Waals surface area contributed by atoms with E-state index >= 15 is 0 Å². The van der Waals surface area contributed by atoms with E-state index in [4.69, 9.17) is 11.6 Å². The Kier molecular flexibility index (Phi) is 2.94. The Morgan fingerprint density at radius 2 is 1.64 bits per heavy atom. The van der Waals surface area contributed by atoms with Crippen LogP contribution in [0.25, 0.3) is 32.8 Å². The molecule has 0 fully saturated rings. The smallest absolute Gasteiger partial charge is 0.263 e. The fourth-order valence-corrected chi connectivity index (χ4v) is 3.95. The van der Waals surface area contributed by atoms with Crippen molar-refractivity contribution in [2.75, 3.05) is 0 Å². The number of carbonyl (C=O) groups is 1. The highest BCUT2D eigenvalue weighted by Crippen LogP contribution is 2.39. The summed E-state index contributed by atoms with van der Waals surface area (Å²) in [5, 5.41) is 3.99. The largest absolute Gasteiger partial charge is 0.276 e. The Labute approximate surface area is 150 Å². The molecular formula is C22H14ClNO. The lowest BCUT2D eigenvalue weighted by atomic mass is 9.97. The first kappa shape index (κ1) is 14.5. The molecule has 0 saturated carbocycles. The van der Waals surface area contributed by atoms with Crippen LogP contribution in [0.1, 0.15) is 23.0 Å². The SMILES string of the molecule is CC1=C(c2ccc3ccccc3c2)C(=O)n2c1cc1cc(Cl)ccc12. The van der Waals surface area contributed by atoms with Gasteiger partial charge in [-0.2, -0.15) is 0 Å². The zero-order valence-electron chi connectivity index (χ0n) is 13.6. The second-order valence-electron chi connectivity index (χ2n) is 6.44. The zero-order valence-corrected chi connectivity index (χ0v) is 14.3. The third kappa shape index (κ3) is 2.01. The molecule has 0 aliphatic carbocycles. The van der Waals surface area contributed by atoms with Gasteiger partial charge in [0.25, 0.3) is 5.91 Å². The maximum atomic E-state index is 13.2. The second kappa shape index (κ2) is 5.08. The van der Waals surface area contributed by atoms with E-state index in [2.05, 4.69) is 24.3 Å². The van der Waals surface area contributed by atoms with Crippen molar-refractivity contribution in [2.45, 2.75) is 6.92 Å². The molecule has 0 atom stereocenters. The van der Waals surface area contributed by atoms with E-state index < -0.39 is 0 Å². The summed E-state index contributed by atoms with van der Waals surface area (Å²) in [5.41, 5.74) is 4.60. The lowest BCUT2D eigenvalue weighted by Gasteiger charge is -2.06. The molecule has 5 rings (SSSR count). The van der Waals surface area contributed by atoms with Gasteiger partial charge in [-0.15, -0.1) is 0 Å². The Bertz CT molecular complexity index is 1230. The zero-order chi connectivity index (χ0) is 17.1. The summed E-state index contributed by atoms with van der Waals surface area (Å²) in [6.07, 6.45) is 0. The second-order valence-corrected chi connectivity index (χ2v) is 6.87. The van der Waals surface area contributed by atoms with Crippen molar-refractivity contribution in [3.63, 3.8) is 0 Å². The lowest BCUT2D eigenvalue weighted by Crippen LogP contribution is -2.08. The van der Waals surface area contributed by atoms with Crippen LogP contribution < -0.4 is 0 Å². The first-order valence-electron chi connectivity index (χ1n) is 8.19. The molecule has 1 aromatic heterocycles. The van der Waals surface area contributed by atoms with Crippen LogP contribution in [-0.2, 0) is 0 Å². The summed E-state index contributed by atoms with van der Waals surface area (Å²) in [5.74, 6) is 0.0279. The van der Waals surface area contributed by atoms with Crippen LogP contribution in [0.5, 0.6) is 0 Å². The van der Waals surface area contributed by atoms with Crippen molar-refractivity contribution in [1.82, 2.24) is 4.57 Å². The van der Waals surface area contributed by atoms with Crippen LogP contribution in [0.2, 0.25) is 5.02 Å². The first-order valence-corrected chi connectivity index (χ1v) is 8.57. The number of nitrogens with zero attached hydrogens (tertiary/aromatic N) is 1. The topological polar surface area (TPSA) is 22.0 Å². The van der Waals surface area contributed by atoms with Gasteiger partial charge in [0.1, 0.15) is 0 Å². The number of carbonyl (C=O) groups excluding carboxylic acids is 1. The van der Waals surface area contributed by atoms with E-state index in [-0.39, 0.29) is 5.91 Å². The highest BCUT2D eigenvalue weighted by Gasteiger charge is 2.30. The van der Waals surface area contributed by atoms with E-state index in [0.717, 1.165) is 38.7 Å². The van der Waals surface area contributed by atoms with Crippen molar-refractivity contribution in [3.8, 4) is 0 Å². The Morgan fingerprint density at radius 1 is 0.840 bits per heavy atom. The van der Waals surface area contributed by atoms with Crippen molar-refractivity contribution < 1.29 is 4.79 Å².